The van der Waals surface area contributed by atoms with E-state index in [2.05, 4.69) is 15.2 Å². The van der Waals surface area contributed by atoms with Crippen LogP contribution in [0.5, 0.6) is 5.88 Å². The number of aromatic amines is 1. The lowest BCUT2D eigenvalue weighted by Gasteiger charge is -1.93. The van der Waals surface area contributed by atoms with Gasteiger partial charge in [-0.3, -0.25) is 4.79 Å². The molecule has 0 aliphatic rings. The van der Waals surface area contributed by atoms with Crippen LogP contribution in [0.25, 0.3) is 10.9 Å². The van der Waals surface area contributed by atoms with E-state index in [0.29, 0.717) is 15.9 Å². The lowest BCUT2D eigenvalue weighted by molar-refractivity contribution is -0.117. The van der Waals surface area contributed by atoms with E-state index in [-0.39, 0.29) is 23.9 Å². The molecule has 1 amide bonds. The molecule has 2 aromatic heterocycles. The summed E-state index contributed by atoms with van der Waals surface area (Å²) in [4.78, 5) is 15.4. The van der Waals surface area contributed by atoms with Crippen molar-refractivity contribution in [3.63, 3.8) is 0 Å². The van der Waals surface area contributed by atoms with Crippen molar-refractivity contribution in [1.29, 1.82) is 0 Å². The van der Waals surface area contributed by atoms with Crippen molar-refractivity contribution >= 4 is 45.4 Å². The number of aromatic hydroxyl groups is 1. The summed E-state index contributed by atoms with van der Waals surface area (Å²) in [5, 5.41) is 20.4. The highest BCUT2D eigenvalue weighted by atomic mass is 35.5. The fraction of sp³-hybridized carbons (Fsp3) is 0.0714. The second-order valence-corrected chi connectivity index (χ2v) is 5.83. The second kappa shape index (κ2) is 5.67. The molecular formula is C14H10ClN3O2S. The molecule has 0 spiro atoms. The van der Waals surface area contributed by atoms with Gasteiger partial charge >= 0.3 is 0 Å². The molecular weight excluding hydrogens is 310 g/mol. The predicted octanol–water partition coefficient (Wildman–Crippen LogP) is 4.44. The van der Waals surface area contributed by atoms with Crippen molar-refractivity contribution in [2.45, 2.75) is 6.42 Å². The Bertz CT molecular complexity index is 824. The number of rotatable bonds is 3. The minimum Gasteiger partial charge on any atom is -0.493 e. The molecule has 3 aromatic rings. The predicted molar refractivity (Wildman–Crippen MR) is 82.5 cm³/mol. The Hall–Kier alpha value is -2.18. The average Bonchev–Trinajstić information content (AvgIpc) is 3.04. The third-order valence-corrected chi connectivity index (χ3v) is 3.99. The Balaban J connectivity index is 1.87. The number of fused-ring (bicyclic) bond motifs is 1. The molecule has 3 rings (SSSR count). The van der Waals surface area contributed by atoms with E-state index in [1.54, 1.807) is 18.2 Å². The van der Waals surface area contributed by atoms with Gasteiger partial charge in [-0.1, -0.05) is 17.7 Å². The molecule has 0 bridgehead atoms. The molecule has 0 radical (unpaired) electrons. The van der Waals surface area contributed by atoms with Gasteiger partial charge in [0.1, 0.15) is 0 Å². The molecule has 1 aromatic carbocycles. The van der Waals surface area contributed by atoms with Crippen LogP contribution in [0, 0.1) is 0 Å². The van der Waals surface area contributed by atoms with Crippen LogP contribution in [-0.4, -0.2) is 16.0 Å². The molecule has 21 heavy (non-hydrogen) atoms. The monoisotopic (exact) mass is 319 g/mol. The van der Waals surface area contributed by atoms with Gasteiger partial charge in [0, 0.05) is 15.3 Å². The third kappa shape index (κ3) is 2.96. The van der Waals surface area contributed by atoms with Gasteiger partial charge in [-0.15, -0.1) is 21.6 Å². The molecule has 7 heteroatoms. The lowest BCUT2D eigenvalue weighted by atomic mass is 10.2. The first-order valence-corrected chi connectivity index (χ1v) is 7.36. The number of nitrogens with zero attached hydrogens (tertiary/aromatic N) is 2. The number of amides is 1. The first-order chi connectivity index (χ1) is 10.1. The minimum atomic E-state index is -0.367. The van der Waals surface area contributed by atoms with Crippen molar-refractivity contribution in [3.05, 3.63) is 45.6 Å². The molecule has 2 heterocycles. The van der Waals surface area contributed by atoms with Gasteiger partial charge in [-0.2, -0.15) is 0 Å². The molecule has 0 saturated carbocycles. The Morgan fingerprint density at radius 2 is 2.24 bits per heavy atom. The summed E-state index contributed by atoms with van der Waals surface area (Å²) in [6.45, 7) is 0. The van der Waals surface area contributed by atoms with Crippen LogP contribution >= 0.6 is 22.9 Å². The maximum Gasteiger partial charge on any atom is 0.269 e. The summed E-state index contributed by atoms with van der Waals surface area (Å²) in [6.07, 6.45) is 0.199. The van der Waals surface area contributed by atoms with Crippen LogP contribution in [-0.2, 0) is 11.2 Å². The normalized spacial score (nSPS) is 11.5. The zero-order valence-electron chi connectivity index (χ0n) is 10.7. The number of benzene rings is 1. The van der Waals surface area contributed by atoms with Crippen molar-refractivity contribution in [2.75, 3.05) is 0 Å². The van der Waals surface area contributed by atoms with E-state index in [9.17, 15) is 9.90 Å². The number of azo groups is 1. The summed E-state index contributed by atoms with van der Waals surface area (Å²) >= 11 is 7.41. The zero-order valence-corrected chi connectivity index (χ0v) is 12.3. The third-order valence-electron chi connectivity index (χ3n) is 2.88. The van der Waals surface area contributed by atoms with Crippen molar-refractivity contribution in [2.24, 2.45) is 10.2 Å². The van der Waals surface area contributed by atoms with Gasteiger partial charge < -0.3 is 10.1 Å². The highest BCUT2D eigenvalue weighted by Crippen LogP contribution is 2.36. The standard InChI is InChI=1S/C14H10ClN3O2S/c15-8-3-4-11-10(6-8)13(14(20)16-11)18-17-12(19)7-9-2-1-5-21-9/h1-6,16,20H,7H2. The number of aromatic nitrogens is 1. The molecule has 5 nitrogen and oxygen atoms in total. The van der Waals surface area contributed by atoms with Crippen LogP contribution in [0.1, 0.15) is 4.88 Å². The van der Waals surface area contributed by atoms with E-state index in [1.165, 1.54) is 11.3 Å². The fourth-order valence-electron chi connectivity index (χ4n) is 1.94. The number of nitrogens with one attached hydrogen (secondary N) is 1. The zero-order chi connectivity index (χ0) is 14.8. The second-order valence-electron chi connectivity index (χ2n) is 4.36. The highest BCUT2D eigenvalue weighted by Gasteiger charge is 2.11. The number of carbonyl (C=O) groups excluding carboxylic acids is 1. The summed E-state index contributed by atoms with van der Waals surface area (Å²) in [7, 11) is 0. The average molecular weight is 320 g/mol. The van der Waals surface area contributed by atoms with Crippen molar-refractivity contribution in [1.82, 2.24) is 4.98 Å². The topological polar surface area (TPSA) is 77.8 Å². The molecule has 0 saturated heterocycles. The van der Waals surface area contributed by atoms with Crippen molar-refractivity contribution in [3.8, 4) is 5.88 Å². The van der Waals surface area contributed by atoms with Gasteiger partial charge in [0.15, 0.2) is 5.69 Å². The van der Waals surface area contributed by atoms with E-state index < -0.39 is 0 Å². The van der Waals surface area contributed by atoms with Gasteiger partial charge in [-0.05, 0) is 29.6 Å². The molecule has 106 valence electrons. The van der Waals surface area contributed by atoms with E-state index in [1.807, 2.05) is 17.5 Å². The quantitative estimate of drug-likeness (QED) is 0.700. The van der Waals surface area contributed by atoms with Crippen molar-refractivity contribution < 1.29 is 9.90 Å². The SMILES string of the molecule is O=C(Cc1cccs1)N=Nc1c(O)[nH]c2ccc(Cl)cc12. The fourth-order valence-corrected chi connectivity index (χ4v) is 2.81. The lowest BCUT2D eigenvalue weighted by Crippen LogP contribution is -1.95. The maximum absolute atomic E-state index is 11.7. The van der Waals surface area contributed by atoms with Gasteiger partial charge in [0.25, 0.3) is 5.91 Å². The first kappa shape index (κ1) is 13.8. The summed E-state index contributed by atoms with van der Waals surface area (Å²) in [6, 6.07) is 8.82. The van der Waals surface area contributed by atoms with Gasteiger partial charge in [-0.25, -0.2) is 0 Å². The van der Waals surface area contributed by atoms with E-state index >= 15 is 0 Å². The number of hydrogen-bond donors (Lipinski definition) is 2. The number of halogens is 1. The molecule has 2 N–H and O–H groups in total. The minimum absolute atomic E-state index is 0.139. The summed E-state index contributed by atoms with van der Waals surface area (Å²) in [5.74, 6) is -0.506. The highest BCUT2D eigenvalue weighted by molar-refractivity contribution is 7.10. The molecule has 0 fully saturated rings. The number of hydrogen-bond acceptors (Lipinski definition) is 4. The molecule has 0 aliphatic carbocycles. The van der Waals surface area contributed by atoms with Gasteiger partial charge in [0.05, 0.1) is 11.9 Å². The maximum atomic E-state index is 11.7. The van der Waals surface area contributed by atoms with Crippen LogP contribution in [0.15, 0.2) is 45.9 Å². The Morgan fingerprint density at radius 1 is 1.38 bits per heavy atom. The number of carbonyl (C=O) groups is 1. The van der Waals surface area contributed by atoms with Crippen LogP contribution in [0.2, 0.25) is 5.02 Å². The largest absolute Gasteiger partial charge is 0.493 e. The Kier molecular flexibility index (Phi) is 3.72. The molecule has 0 atom stereocenters. The first-order valence-electron chi connectivity index (χ1n) is 6.10. The summed E-state index contributed by atoms with van der Waals surface area (Å²) in [5.41, 5.74) is 0.892. The smallest absolute Gasteiger partial charge is 0.269 e. The number of H-pyrrole nitrogens is 1. The van der Waals surface area contributed by atoms with Crippen LogP contribution in [0.4, 0.5) is 5.69 Å². The summed E-state index contributed by atoms with van der Waals surface area (Å²) < 4.78 is 0. The molecule has 0 unspecified atom stereocenters. The molecule has 0 aliphatic heterocycles. The number of thiophene rings is 1. The Morgan fingerprint density at radius 3 is 3.00 bits per heavy atom. The van der Waals surface area contributed by atoms with Crippen LogP contribution < -0.4 is 0 Å². The van der Waals surface area contributed by atoms with Crippen LogP contribution in [0.3, 0.4) is 0 Å². The van der Waals surface area contributed by atoms with Gasteiger partial charge in [0.2, 0.25) is 5.88 Å². The Labute approximate surface area is 128 Å². The van der Waals surface area contributed by atoms with E-state index in [0.717, 1.165) is 4.88 Å². The van der Waals surface area contributed by atoms with E-state index in [4.69, 9.17) is 11.6 Å².